The quantitative estimate of drug-likeness (QED) is 0.598. The summed E-state index contributed by atoms with van der Waals surface area (Å²) in [6.07, 6.45) is 6.14. The zero-order valence-corrected chi connectivity index (χ0v) is 14.5. The van der Waals surface area contributed by atoms with Crippen LogP contribution in [-0.2, 0) is 19.3 Å². The molecule has 0 saturated carbocycles. The average molecular weight is 354 g/mol. The molecule has 0 spiro atoms. The zero-order valence-electron chi connectivity index (χ0n) is 14.5. The first-order valence-corrected chi connectivity index (χ1v) is 8.99. The van der Waals surface area contributed by atoms with E-state index in [1.165, 1.54) is 25.7 Å². The summed E-state index contributed by atoms with van der Waals surface area (Å²) < 4.78 is 0. The molecule has 26 heavy (non-hydrogen) atoms. The predicted octanol–water partition coefficient (Wildman–Crippen LogP) is 4.16. The van der Waals surface area contributed by atoms with Crippen molar-refractivity contribution < 1.29 is 9.85 Å². The molecule has 0 bridgehead atoms. The van der Waals surface area contributed by atoms with Crippen molar-refractivity contribution in [3.63, 3.8) is 0 Å². The molecule has 4 rings (SSSR count). The monoisotopic (exact) mass is 354 g/mol. The van der Waals surface area contributed by atoms with Crippen LogP contribution in [-0.4, -0.2) is 15.9 Å². The van der Waals surface area contributed by atoms with Crippen LogP contribution in [0.25, 0.3) is 0 Å². The predicted molar refractivity (Wildman–Crippen MR) is 98.4 cm³/mol. The molecule has 2 aromatic rings. The standard InChI is InChI=1S/C10H10N2O4.C10H12/c13-11(14)9-6-5-7-3-1-2-4-8(7)10(9)12(15)16;1-2-6-10-8-4-3-7-9(10)5-1/h1-4,9-10H,5-6H2;1-2,5-6H,3-4,7-8H2. The van der Waals surface area contributed by atoms with E-state index >= 15 is 0 Å². The third-order valence-electron chi connectivity index (χ3n) is 5.21. The van der Waals surface area contributed by atoms with Gasteiger partial charge in [0.05, 0.1) is 0 Å². The van der Waals surface area contributed by atoms with E-state index in [1.54, 1.807) is 35.4 Å². The van der Waals surface area contributed by atoms with Crippen LogP contribution in [0, 0.1) is 20.2 Å². The number of benzene rings is 2. The van der Waals surface area contributed by atoms with Crippen molar-refractivity contribution in [3.05, 3.63) is 91.0 Å². The summed E-state index contributed by atoms with van der Waals surface area (Å²) in [5.41, 5.74) is 4.49. The van der Waals surface area contributed by atoms with E-state index in [9.17, 15) is 20.2 Å². The maximum Gasteiger partial charge on any atom is 0.304 e. The fourth-order valence-corrected chi connectivity index (χ4v) is 3.87. The first-order chi connectivity index (χ1) is 12.6. The summed E-state index contributed by atoms with van der Waals surface area (Å²) in [5, 5.41) is 21.7. The normalized spacial score (nSPS) is 20.8. The lowest BCUT2D eigenvalue weighted by atomic mass is 9.85. The third-order valence-corrected chi connectivity index (χ3v) is 5.21. The molecule has 6 nitrogen and oxygen atoms in total. The van der Waals surface area contributed by atoms with Crippen LogP contribution in [0.4, 0.5) is 0 Å². The molecular formula is C20H22N2O4. The summed E-state index contributed by atoms with van der Waals surface area (Å²) in [6, 6.07) is 13.4. The number of aryl methyl sites for hydroxylation is 3. The van der Waals surface area contributed by atoms with E-state index in [4.69, 9.17) is 0 Å². The van der Waals surface area contributed by atoms with Crippen LogP contribution >= 0.6 is 0 Å². The molecule has 2 unspecified atom stereocenters. The highest BCUT2D eigenvalue weighted by Gasteiger charge is 2.45. The number of hydrogen-bond donors (Lipinski definition) is 0. The van der Waals surface area contributed by atoms with Crippen molar-refractivity contribution in [1.29, 1.82) is 0 Å². The summed E-state index contributed by atoms with van der Waals surface area (Å²) in [5.74, 6) is 0. The van der Waals surface area contributed by atoms with E-state index in [2.05, 4.69) is 24.3 Å². The van der Waals surface area contributed by atoms with Crippen molar-refractivity contribution in [2.24, 2.45) is 0 Å². The minimum absolute atomic E-state index is 0.232. The van der Waals surface area contributed by atoms with Gasteiger partial charge in [0, 0.05) is 21.8 Å². The highest BCUT2D eigenvalue weighted by molar-refractivity contribution is 5.32. The largest absolute Gasteiger partial charge is 0.304 e. The second-order valence-corrected chi connectivity index (χ2v) is 6.80. The third kappa shape index (κ3) is 3.90. The van der Waals surface area contributed by atoms with Crippen LogP contribution in [0.15, 0.2) is 48.5 Å². The molecule has 0 N–H and O–H groups in total. The van der Waals surface area contributed by atoms with Gasteiger partial charge in [0.15, 0.2) is 0 Å². The zero-order chi connectivity index (χ0) is 18.5. The number of hydrogen-bond acceptors (Lipinski definition) is 4. The van der Waals surface area contributed by atoms with Crippen LogP contribution in [0.3, 0.4) is 0 Å². The van der Waals surface area contributed by atoms with Crippen molar-refractivity contribution in [2.75, 3.05) is 0 Å². The van der Waals surface area contributed by atoms with Crippen molar-refractivity contribution in [3.8, 4) is 0 Å². The maximum atomic E-state index is 10.9. The minimum atomic E-state index is -1.21. The lowest BCUT2D eigenvalue weighted by molar-refractivity contribution is -0.624. The van der Waals surface area contributed by atoms with Gasteiger partial charge in [0.1, 0.15) is 0 Å². The molecule has 136 valence electrons. The second-order valence-electron chi connectivity index (χ2n) is 6.80. The molecule has 0 saturated heterocycles. The van der Waals surface area contributed by atoms with Gasteiger partial charge in [-0.25, -0.2) is 0 Å². The molecule has 6 heteroatoms. The fraction of sp³-hybridized carbons (Fsp3) is 0.400. The van der Waals surface area contributed by atoms with Gasteiger partial charge in [0.2, 0.25) is 0 Å². The molecule has 0 fully saturated rings. The Hall–Kier alpha value is -2.76. The van der Waals surface area contributed by atoms with Gasteiger partial charge < -0.3 is 0 Å². The molecule has 0 aliphatic heterocycles. The Kier molecular flexibility index (Phi) is 5.61. The lowest BCUT2D eigenvalue weighted by Crippen LogP contribution is -2.36. The van der Waals surface area contributed by atoms with E-state index in [1.807, 2.05) is 0 Å². The Labute approximate surface area is 152 Å². The highest BCUT2D eigenvalue weighted by Crippen LogP contribution is 2.33. The van der Waals surface area contributed by atoms with Crippen LogP contribution < -0.4 is 0 Å². The summed E-state index contributed by atoms with van der Waals surface area (Å²) in [7, 11) is 0. The molecular weight excluding hydrogens is 332 g/mol. The van der Waals surface area contributed by atoms with Crippen molar-refractivity contribution >= 4 is 0 Å². The van der Waals surface area contributed by atoms with Crippen LogP contribution in [0.2, 0.25) is 0 Å². The van der Waals surface area contributed by atoms with Gasteiger partial charge >= 0.3 is 6.04 Å². The first kappa shape index (κ1) is 18.0. The average Bonchev–Trinajstić information content (AvgIpc) is 2.67. The first-order valence-electron chi connectivity index (χ1n) is 8.99. The molecule has 0 heterocycles. The smallest absolute Gasteiger partial charge is 0.264 e. The molecule has 2 aliphatic rings. The Morgan fingerprint density at radius 3 is 1.81 bits per heavy atom. The summed E-state index contributed by atoms with van der Waals surface area (Å²) in [6.45, 7) is 0. The van der Waals surface area contributed by atoms with E-state index in [-0.39, 0.29) is 6.42 Å². The summed E-state index contributed by atoms with van der Waals surface area (Å²) in [4.78, 5) is 20.6. The molecule has 0 aromatic heterocycles. The van der Waals surface area contributed by atoms with E-state index in [0.29, 0.717) is 12.0 Å². The molecule has 0 amide bonds. The Bertz CT molecular complexity index is 781. The Balaban J connectivity index is 0.000000167. The Morgan fingerprint density at radius 2 is 1.27 bits per heavy atom. The highest BCUT2D eigenvalue weighted by atomic mass is 16.6. The fourth-order valence-electron chi connectivity index (χ4n) is 3.87. The number of fused-ring (bicyclic) bond motifs is 2. The molecule has 2 atom stereocenters. The summed E-state index contributed by atoms with van der Waals surface area (Å²) >= 11 is 0. The SMILES string of the molecule is O=[N+]([O-])C1CCc2ccccc2C1[N+](=O)[O-].c1ccc2c(c1)CCCC2. The van der Waals surface area contributed by atoms with Gasteiger partial charge in [-0.3, -0.25) is 20.2 Å². The van der Waals surface area contributed by atoms with Gasteiger partial charge in [-0.2, -0.15) is 0 Å². The van der Waals surface area contributed by atoms with E-state index in [0.717, 1.165) is 5.56 Å². The molecule has 2 aromatic carbocycles. The number of rotatable bonds is 2. The Morgan fingerprint density at radius 1 is 0.731 bits per heavy atom. The second kappa shape index (κ2) is 8.08. The van der Waals surface area contributed by atoms with Crippen LogP contribution in [0.5, 0.6) is 0 Å². The van der Waals surface area contributed by atoms with Gasteiger partial charge in [0.25, 0.3) is 6.04 Å². The number of nitro groups is 2. The van der Waals surface area contributed by atoms with Gasteiger partial charge in [-0.15, -0.1) is 0 Å². The lowest BCUT2D eigenvalue weighted by Gasteiger charge is -2.22. The van der Waals surface area contributed by atoms with Crippen molar-refractivity contribution in [2.45, 2.75) is 50.6 Å². The number of nitrogens with zero attached hydrogens (tertiary/aromatic N) is 2. The molecule has 2 aliphatic carbocycles. The maximum absolute atomic E-state index is 10.9. The van der Waals surface area contributed by atoms with Gasteiger partial charge in [-0.05, 0) is 48.8 Å². The van der Waals surface area contributed by atoms with E-state index < -0.39 is 21.9 Å². The van der Waals surface area contributed by atoms with Crippen LogP contribution in [0.1, 0.15) is 47.6 Å². The minimum Gasteiger partial charge on any atom is -0.264 e. The van der Waals surface area contributed by atoms with Crippen molar-refractivity contribution in [1.82, 2.24) is 0 Å². The molecule has 0 radical (unpaired) electrons. The topological polar surface area (TPSA) is 86.3 Å². The van der Waals surface area contributed by atoms with Gasteiger partial charge in [-0.1, -0.05) is 48.5 Å².